The van der Waals surface area contributed by atoms with Gasteiger partial charge in [-0.1, -0.05) is 30.3 Å². The summed E-state index contributed by atoms with van der Waals surface area (Å²) in [5, 5.41) is 0. The predicted molar refractivity (Wildman–Crippen MR) is 105 cm³/mol. The Morgan fingerprint density at radius 3 is 2.33 bits per heavy atom. The number of rotatable bonds is 3. The summed E-state index contributed by atoms with van der Waals surface area (Å²) < 4.78 is 0. The lowest BCUT2D eigenvalue weighted by Crippen LogP contribution is -2.51. The van der Waals surface area contributed by atoms with Crippen LogP contribution in [0.15, 0.2) is 30.3 Å². The van der Waals surface area contributed by atoms with E-state index in [1.807, 2.05) is 15.9 Å². The first-order valence-electron chi connectivity index (χ1n) is 10.6. The molecule has 3 heterocycles. The largest absolute Gasteiger partial charge is 0.339 e. The normalized spacial score (nSPS) is 25.9. The highest BCUT2D eigenvalue weighted by atomic mass is 16.2. The van der Waals surface area contributed by atoms with Gasteiger partial charge in [0.15, 0.2) is 0 Å². The van der Waals surface area contributed by atoms with Gasteiger partial charge in [-0.15, -0.1) is 0 Å². The molecular weight excluding hydrogens is 338 g/mol. The highest BCUT2D eigenvalue weighted by Gasteiger charge is 2.37. The summed E-state index contributed by atoms with van der Waals surface area (Å²) in [6.45, 7) is 4.01. The quantitative estimate of drug-likeness (QED) is 0.821. The smallest absolute Gasteiger partial charge is 0.320 e. The topological polar surface area (TPSA) is 43.9 Å². The van der Waals surface area contributed by atoms with Crippen molar-refractivity contribution in [3.8, 4) is 0 Å². The Morgan fingerprint density at radius 2 is 1.56 bits per heavy atom. The molecule has 3 fully saturated rings. The number of piperidine rings is 1. The minimum absolute atomic E-state index is 0.0262. The first-order chi connectivity index (χ1) is 13.2. The van der Waals surface area contributed by atoms with E-state index in [1.165, 1.54) is 5.56 Å². The molecule has 0 saturated carbocycles. The molecule has 3 amide bonds. The van der Waals surface area contributed by atoms with Crippen LogP contribution in [-0.4, -0.2) is 65.4 Å². The van der Waals surface area contributed by atoms with Gasteiger partial charge in [0, 0.05) is 38.8 Å². The first kappa shape index (κ1) is 18.3. The highest BCUT2D eigenvalue weighted by molar-refractivity contribution is 5.81. The Hall–Kier alpha value is -2.04. The molecule has 4 rings (SSSR count). The molecule has 0 bridgehead atoms. The first-order valence-corrected chi connectivity index (χ1v) is 10.6. The Morgan fingerprint density at radius 1 is 0.852 bits per heavy atom. The molecular formula is C22H31N3O2. The second-order valence-electron chi connectivity index (χ2n) is 8.28. The number of hydrogen-bond donors (Lipinski definition) is 0. The molecule has 27 heavy (non-hydrogen) atoms. The molecule has 0 aliphatic carbocycles. The van der Waals surface area contributed by atoms with Crippen LogP contribution in [-0.2, 0) is 11.2 Å². The number of benzene rings is 1. The van der Waals surface area contributed by atoms with Crippen molar-refractivity contribution >= 4 is 11.9 Å². The van der Waals surface area contributed by atoms with E-state index < -0.39 is 0 Å². The van der Waals surface area contributed by atoms with E-state index in [4.69, 9.17) is 0 Å². The molecule has 2 atom stereocenters. The Balaban J connectivity index is 1.38. The maximum absolute atomic E-state index is 13.3. The molecule has 3 saturated heterocycles. The van der Waals surface area contributed by atoms with Gasteiger partial charge in [0.2, 0.25) is 5.91 Å². The van der Waals surface area contributed by atoms with Crippen LogP contribution in [0.2, 0.25) is 0 Å². The lowest BCUT2D eigenvalue weighted by atomic mass is 9.95. The molecule has 0 radical (unpaired) electrons. The van der Waals surface area contributed by atoms with Gasteiger partial charge >= 0.3 is 6.03 Å². The molecule has 3 aliphatic rings. The molecule has 0 spiro atoms. The van der Waals surface area contributed by atoms with E-state index in [0.717, 1.165) is 71.1 Å². The number of urea groups is 1. The number of amides is 3. The van der Waals surface area contributed by atoms with Gasteiger partial charge in [-0.25, -0.2) is 4.79 Å². The lowest BCUT2D eigenvalue weighted by molar-refractivity contribution is -0.137. The number of hydrogen-bond acceptors (Lipinski definition) is 2. The Kier molecular flexibility index (Phi) is 5.65. The van der Waals surface area contributed by atoms with E-state index in [1.54, 1.807) is 0 Å². The van der Waals surface area contributed by atoms with Gasteiger partial charge in [-0.05, 0) is 50.5 Å². The van der Waals surface area contributed by atoms with Crippen LogP contribution in [0, 0.1) is 5.92 Å². The second-order valence-corrected chi connectivity index (χ2v) is 8.28. The van der Waals surface area contributed by atoms with E-state index in [2.05, 4.69) is 29.2 Å². The van der Waals surface area contributed by atoms with E-state index in [-0.39, 0.29) is 17.9 Å². The number of likely N-dealkylation sites (tertiary alicyclic amines) is 3. The maximum atomic E-state index is 13.3. The van der Waals surface area contributed by atoms with Crippen LogP contribution in [0.5, 0.6) is 0 Å². The summed E-state index contributed by atoms with van der Waals surface area (Å²) in [7, 11) is 0. The fraction of sp³-hybridized carbons (Fsp3) is 0.636. The van der Waals surface area contributed by atoms with Crippen molar-refractivity contribution < 1.29 is 9.59 Å². The molecule has 5 nitrogen and oxygen atoms in total. The van der Waals surface area contributed by atoms with Crippen LogP contribution in [0.25, 0.3) is 0 Å². The fourth-order valence-corrected chi connectivity index (χ4v) is 4.92. The molecule has 146 valence electrons. The second kappa shape index (κ2) is 8.32. The number of carbonyl (C=O) groups is 2. The van der Waals surface area contributed by atoms with E-state index in [0.29, 0.717) is 12.6 Å². The minimum atomic E-state index is -0.0262. The van der Waals surface area contributed by atoms with Crippen LogP contribution in [0.1, 0.15) is 44.1 Å². The summed E-state index contributed by atoms with van der Waals surface area (Å²) in [6.07, 6.45) is 7.18. The third kappa shape index (κ3) is 4.12. The van der Waals surface area contributed by atoms with Crippen molar-refractivity contribution in [2.45, 2.75) is 51.0 Å². The predicted octanol–water partition coefficient (Wildman–Crippen LogP) is 3.15. The van der Waals surface area contributed by atoms with Crippen molar-refractivity contribution in [3.63, 3.8) is 0 Å². The highest BCUT2D eigenvalue weighted by Crippen LogP contribution is 2.27. The van der Waals surface area contributed by atoms with Gasteiger partial charge in [0.25, 0.3) is 0 Å². The van der Waals surface area contributed by atoms with Crippen molar-refractivity contribution in [3.05, 3.63) is 35.9 Å². The van der Waals surface area contributed by atoms with Crippen LogP contribution >= 0.6 is 0 Å². The van der Waals surface area contributed by atoms with Gasteiger partial charge in [0.05, 0.1) is 5.92 Å². The van der Waals surface area contributed by atoms with E-state index >= 15 is 0 Å². The van der Waals surface area contributed by atoms with Gasteiger partial charge in [0.1, 0.15) is 0 Å². The van der Waals surface area contributed by atoms with Crippen LogP contribution < -0.4 is 0 Å². The monoisotopic (exact) mass is 369 g/mol. The molecule has 0 N–H and O–H groups in total. The molecule has 3 aliphatic heterocycles. The average Bonchev–Trinajstić information content (AvgIpc) is 3.40. The number of carbonyl (C=O) groups excluding carboxylic acids is 2. The molecule has 5 heteroatoms. The summed E-state index contributed by atoms with van der Waals surface area (Å²) >= 11 is 0. The molecule has 0 aromatic heterocycles. The zero-order chi connectivity index (χ0) is 18.6. The SMILES string of the molecule is O=C(N1CCCC1)N1CCCC(C(=O)N2CCCC2Cc2ccccc2)C1. The average molecular weight is 370 g/mol. The van der Waals surface area contributed by atoms with Crippen LogP contribution in [0.3, 0.4) is 0 Å². The maximum Gasteiger partial charge on any atom is 0.320 e. The summed E-state index contributed by atoms with van der Waals surface area (Å²) in [4.78, 5) is 32.0. The van der Waals surface area contributed by atoms with Crippen molar-refractivity contribution in [2.75, 3.05) is 32.7 Å². The third-order valence-electron chi connectivity index (χ3n) is 6.39. The van der Waals surface area contributed by atoms with Gasteiger partial charge in [-0.2, -0.15) is 0 Å². The molecule has 1 aromatic carbocycles. The summed E-state index contributed by atoms with van der Waals surface area (Å²) in [5.74, 6) is 0.244. The Labute approximate surface area is 162 Å². The Bertz CT molecular complexity index is 657. The summed E-state index contributed by atoms with van der Waals surface area (Å²) in [6, 6.07) is 10.9. The van der Waals surface area contributed by atoms with Gasteiger partial charge < -0.3 is 14.7 Å². The lowest BCUT2D eigenvalue weighted by Gasteiger charge is -2.37. The standard InChI is InChI=1S/C22H31N3O2/c26-21(25-15-7-11-20(25)16-18-8-2-1-3-9-18)19-10-6-14-24(17-19)22(27)23-12-4-5-13-23/h1-3,8-9,19-20H,4-7,10-17H2. The molecule has 2 unspecified atom stereocenters. The number of nitrogens with zero attached hydrogens (tertiary/aromatic N) is 3. The molecule has 1 aromatic rings. The minimum Gasteiger partial charge on any atom is -0.339 e. The third-order valence-corrected chi connectivity index (χ3v) is 6.39. The van der Waals surface area contributed by atoms with Crippen molar-refractivity contribution in [1.29, 1.82) is 0 Å². The van der Waals surface area contributed by atoms with Crippen molar-refractivity contribution in [1.82, 2.24) is 14.7 Å². The summed E-state index contributed by atoms with van der Waals surface area (Å²) in [5.41, 5.74) is 1.30. The van der Waals surface area contributed by atoms with Crippen LogP contribution in [0.4, 0.5) is 4.79 Å². The van der Waals surface area contributed by atoms with Crippen molar-refractivity contribution in [2.24, 2.45) is 5.92 Å². The zero-order valence-electron chi connectivity index (χ0n) is 16.2. The fourth-order valence-electron chi connectivity index (χ4n) is 4.92. The van der Waals surface area contributed by atoms with E-state index in [9.17, 15) is 9.59 Å². The zero-order valence-corrected chi connectivity index (χ0v) is 16.2. The van der Waals surface area contributed by atoms with Gasteiger partial charge in [-0.3, -0.25) is 4.79 Å².